The molecule has 0 saturated carbocycles. The maximum atomic E-state index is 13.3. The second-order valence-electron chi connectivity index (χ2n) is 8.56. The van der Waals surface area contributed by atoms with Crippen LogP contribution in [-0.4, -0.2) is 50.5 Å². The van der Waals surface area contributed by atoms with Crippen LogP contribution in [0.2, 0.25) is 5.02 Å². The van der Waals surface area contributed by atoms with Gasteiger partial charge in [0.05, 0.1) is 38.8 Å². The number of aromatic nitrogens is 5. The highest BCUT2D eigenvalue weighted by molar-refractivity contribution is 7.89. The van der Waals surface area contributed by atoms with Crippen LogP contribution in [0.25, 0.3) is 5.82 Å². The van der Waals surface area contributed by atoms with Crippen LogP contribution in [0.3, 0.4) is 0 Å². The van der Waals surface area contributed by atoms with E-state index < -0.39 is 36.6 Å². The molecule has 0 amide bonds. The predicted molar refractivity (Wildman–Crippen MR) is 128 cm³/mol. The summed E-state index contributed by atoms with van der Waals surface area (Å²) >= 11 is 12.1. The van der Waals surface area contributed by atoms with Crippen molar-refractivity contribution in [1.82, 2.24) is 29.7 Å². The molecule has 0 radical (unpaired) electrons. The van der Waals surface area contributed by atoms with Crippen LogP contribution in [0, 0.1) is 0 Å². The molecule has 4 rings (SSSR count). The minimum absolute atomic E-state index is 0.0641. The number of aliphatic imine (C=N–C) groups is 1. The number of halogens is 5. The van der Waals surface area contributed by atoms with Crippen molar-refractivity contribution in [1.29, 1.82) is 0 Å². The number of dihydropyridines is 1. The van der Waals surface area contributed by atoms with Crippen LogP contribution >= 0.6 is 23.2 Å². The fourth-order valence-electron chi connectivity index (χ4n) is 3.53. The molecule has 0 aliphatic carbocycles. The lowest BCUT2D eigenvalue weighted by atomic mass is 10.0. The Morgan fingerprint density at radius 3 is 2.56 bits per heavy atom. The van der Waals surface area contributed by atoms with Crippen LogP contribution in [0.4, 0.5) is 13.2 Å². The normalized spacial score (nSPS) is 18.8. The zero-order valence-electron chi connectivity index (χ0n) is 19.1. The molecule has 36 heavy (non-hydrogen) atoms. The van der Waals surface area contributed by atoms with Gasteiger partial charge in [-0.3, -0.25) is 19.4 Å². The molecule has 1 aliphatic heterocycles. The van der Waals surface area contributed by atoms with E-state index >= 15 is 0 Å². The molecule has 1 aromatic carbocycles. The van der Waals surface area contributed by atoms with Gasteiger partial charge in [-0.1, -0.05) is 25.4 Å². The van der Waals surface area contributed by atoms with Crippen LogP contribution in [0.15, 0.2) is 52.1 Å². The van der Waals surface area contributed by atoms with Crippen molar-refractivity contribution in [2.75, 3.05) is 6.54 Å². The topological polar surface area (TPSA) is 118 Å². The summed E-state index contributed by atoms with van der Waals surface area (Å²) in [5.41, 5.74) is -1.23. The van der Waals surface area contributed by atoms with E-state index in [1.54, 1.807) is 17.6 Å². The van der Waals surface area contributed by atoms with Crippen molar-refractivity contribution in [3.63, 3.8) is 0 Å². The number of benzene rings is 1. The summed E-state index contributed by atoms with van der Waals surface area (Å²) < 4.78 is 70.3. The predicted octanol–water partition coefficient (Wildman–Crippen LogP) is 4.45. The summed E-state index contributed by atoms with van der Waals surface area (Å²) in [6.45, 7) is 5.50. The molecule has 192 valence electrons. The first-order valence-electron chi connectivity index (χ1n) is 10.5. The van der Waals surface area contributed by atoms with Crippen LogP contribution in [0.5, 0.6) is 0 Å². The first-order valence-corrected chi connectivity index (χ1v) is 12.7. The Morgan fingerprint density at radius 2 is 1.94 bits per heavy atom. The van der Waals surface area contributed by atoms with Gasteiger partial charge >= 0.3 is 6.18 Å². The van der Waals surface area contributed by atoms with Crippen LogP contribution in [0.1, 0.15) is 43.9 Å². The van der Waals surface area contributed by atoms with Gasteiger partial charge in [0.25, 0.3) is 10.0 Å². The largest absolute Gasteiger partial charge is 0.417 e. The number of hydrogen-bond donors (Lipinski definition) is 2. The molecule has 0 bridgehead atoms. The third-order valence-electron chi connectivity index (χ3n) is 5.19. The van der Waals surface area contributed by atoms with Gasteiger partial charge in [0.1, 0.15) is 17.4 Å². The van der Waals surface area contributed by atoms with Gasteiger partial charge in [-0.15, -0.1) is 21.8 Å². The SMILES string of the molecule is CC(C)c1nnc(C2=NCC(C)(Cl)C=C2NS(=O)(=O)c2ccc(Cl)c(C(F)(F)F)c2)n1-c1ccn[nH]1. The summed E-state index contributed by atoms with van der Waals surface area (Å²) in [4.78, 5) is 2.75. The van der Waals surface area contributed by atoms with Gasteiger partial charge in [-0.05, 0) is 31.2 Å². The highest BCUT2D eigenvalue weighted by atomic mass is 35.5. The van der Waals surface area contributed by atoms with Crippen molar-refractivity contribution in [2.45, 2.75) is 42.6 Å². The Hall–Kier alpha value is -2.90. The lowest BCUT2D eigenvalue weighted by Gasteiger charge is -2.25. The minimum Gasteiger partial charge on any atom is -0.278 e. The first kappa shape index (κ1) is 26.2. The molecular formula is C21H20Cl2F3N7O2S. The zero-order valence-corrected chi connectivity index (χ0v) is 21.4. The van der Waals surface area contributed by atoms with E-state index in [9.17, 15) is 21.6 Å². The van der Waals surface area contributed by atoms with Gasteiger partial charge in [0.2, 0.25) is 0 Å². The van der Waals surface area contributed by atoms with E-state index in [0.29, 0.717) is 17.7 Å². The van der Waals surface area contributed by atoms with Gasteiger partial charge < -0.3 is 0 Å². The van der Waals surface area contributed by atoms with E-state index in [4.69, 9.17) is 23.2 Å². The first-order chi connectivity index (χ1) is 16.7. The Morgan fingerprint density at radius 1 is 1.22 bits per heavy atom. The van der Waals surface area contributed by atoms with Gasteiger partial charge in [-0.2, -0.15) is 18.3 Å². The highest BCUT2D eigenvalue weighted by Gasteiger charge is 2.36. The summed E-state index contributed by atoms with van der Waals surface area (Å²) in [5, 5.41) is 14.6. The number of nitrogens with zero attached hydrogens (tertiary/aromatic N) is 5. The number of aromatic amines is 1. The fourth-order valence-corrected chi connectivity index (χ4v) is 5.01. The average molecular weight is 562 g/mol. The molecular weight excluding hydrogens is 542 g/mol. The molecule has 0 fully saturated rings. The second kappa shape index (κ2) is 9.20. The quantitative estimate of drug-likeness (QED) is 0.431. The van der Waals surface area contributed by atoms with Gasteiger partial charge in [-0.25, -0.2) is 8.42 Å². The van der Waals surface area contributed by atoms with E-state index in [-0.39, 0.29) is 29.7 Å². The number of nitrogens with one attached hydrogen (secondary N) is 2. The molecule has 0 spiro atoms. The second-order valence-corrected chi connectivity index (χ2v) is 11.5. The van der Waals surface area contributed by atoms with Gasteiger partial charge in [0, 0.05) is 12.0 Å². The number of rotatable bonds is 6. The fraction of sp³-hybridized carbons (Fsp3) is 0.333. The van der Waals surface area contributed by atoms with Crippen molar-refractivity contribution < 1.29 is 21.6 Å². The Balaban J connectivity index is 1.80. The molecule has 0 saturated heterocycles. The Bertz CT molecular complexity index is 1460. The molecule has 1 unspecified atom stereocenters. The van der Waals surface area contributed by atoms with E-state index in [1.807, 2.05) is 13.8 Å². The smallest absolute Gasteiger partial charge is 0.278 e. The summed E-state index contributed by atoms with van der Waals surface area (Å²) in [6, 6.07) is 3.99. The van der Waals surface area contributed by atoms with E-state index in [0.717, 1.165) is 12.1 Å². The zero-order chi connectivity index (χ0) is 26.5. The Kier molecular flexibility index (Phi) is 6.69. The van der Waals surface area contributed by atoms with Crippen molar-refractivity contribution in [3.8, 4) is 5.82 Å². The lowest BCUT2D eigenvalue weighted by Crippen LogP contribution is -2.36. The van der Waals surface area contributed by atoms with E-state index in [2.05, 4.69) is 30.1 Å². The van der Waals surface area contributed by atoms with Crippen molar-refractivity contribution in [2.24, 2.45) is 4.99 Å². The number of sulfonamides is 1. The number of alkyl halides is 4. The molecule has 1 atom stereocenters. The van der Waals surface area contributed by atoms with Crippen LogP contribution in [-0.2, 0) is 16.2 Å². The third-order valence-corrected chi connectivity index (χ3v) is 7.11. The average Bonchev–Trinajstić information content (AvgIpc) is 3.42. The van der Waals surface area contributed by atoms with E-state index in [1.165, 1.54) is 12.3 Å². The molecule has 2 aromatic heterocycles. The molecule has 3 heterocycles. The monoisotopic (exact) mass is 561 g/mol. The molecule has 3 aromatic rings. The number of allylic oxidation sites excluding steroid dienone is 1. The standard InChI is InChI=1S/C21H20Cl2F3N7O2S/c1-11(2)18-30-31-19(33(18)16-6-7-28-29-16)17-15(9-20(3,23)10-27-17)32-36(34,35)12-4-5-14(22)13(8-12)21(24,25)26/h4-9,11,32H,10H2,1-3H3,(H,28,29). The summed E-state index contributed by atoms with van der Waals surface area (Å²) in [6.07, 6.45) is -1.89. The molecule has 2 N–H and O–H groups in total. The summed E-state index contributed by atoms with van der Waals surface area (Å²) in [7, 11) is -4.52. The molecule has 1 aliphatic rings. The Labute approximate surface area is 214 Å². The summed E-state index contributed by atoms with van der Waals surface area (Å²) in [5.74, 6) is 1.17. The third kappa shape index (κ3) is 5.13. The number of hydrogen-bond acceptors (Lipinski definition) is 6. The van der Waals surface area contributed by atoms with Gasteiger partial charge in [0.15, 0.2) is 5.82 Å². The molecule has 15 heteroatoms. The maximum Gasteiger partial charge on any atom is 0.417 e. The highest BCUT2D eigenvalue weighted by Crippen LogP contribution is 2.36. The van der Waals surface area contributed by atoms with Crippen molar-refractivity contribution in [3.05, 3.63) is 64.5 Å². The minimum atomic E-state index is -4.85. The van der Waals surface area contributed by atoms with Crippen molar-refractivity contribution >= 4 is 38.9 Å². The number of H-pyrrole nitrogens is 1. The maximum absolute atomic E-state index is 13.3. The lowest BCUT2D eigenvalue weighted by molar-refractivity contribution is -0.137. The molecule has 9 nitrogen and oxygen atoms in total. The van der Waals surface area contributed by atoms with Crippen LogP contribution < -0.4 is 4.72 Å².